The highest BCUT2D eigenvalue weighted by atomic mass is 15.3. The predicted octanol–water partition coefficient (Wildman–Crippen LogP) is 6.15. The number of nitriles is 2. The Morgan fingerprint density at radius 3 is 1.57 bits per heavy atom. The quantitative estimate of drug-likeness (QED) is 0.201. The van der Waals surface area contributed by atoms with Gasteiger partial charge in [0, 0.05) is 46.7 Å². The number of aromatic amines is 2. The van der Waals surface area contributed by atoms with E-state index in [0.29, 0.717) is 12.8 Å². The fourth-order valence-electron chi connectivity index (χ4n) is 5.06. The van der Waals surface area contributed by atoms with Crippen LogP contribution in [0.15, 0.2) is 62.0 Å². The molecule has 12 nitrogen and oxygen atoms in total. The molecule has 0 aliphatic heterocycles. The van der Waals surface area contributed by atoms with Crippen LogP contribution in [0.1, 0.15) is 64.5 Å². The Bertz CT molecular complexity index is 1690. The van der Waals surface area contributed by atoms with Crippen molar-refractivity contribution in [3.63, 3.8) is 0 Å². The summed E-state index contributed by atoms with van der Waals surface area (Å²) >= 11 is 0. The van der Waals surface area contributed by atoms with Crippen molar-refractivity contribution in [1.29, 1.82) is 10.5 Å². The molecule has 212 valence electrons. The molecule has 0 amide bonds. The first-order valence-electron chi connectivity index (χ1n) is 14.1. The van der Waals surface area contributed by atoms with E-state index in [1.165, 1.54) is 0 Å². The van der Waals surface area contributed by atoms with Gasteiger partial charge in [0.1, 0.15) is 23.9 Å². The number of nitrogens with zero attached hydrogens (tertiary/aromatic N) is 10. The van der Waals surface area contributed by atoms with Crippen molar-refractivity contribution in [2.75, 3.05) is 0 Å². The third kappa shape index (κ3) is 6.03. The molecule has 12 heteroatoms. The molecule has 0 bridgehead atoms. The van der Waals surface area contributed by atoms with Gasteiger partial charge in [-0.2, -0.15) is 20.7 Å². The minimum absolute atomic E-state index is 0.123. The first kappa shape index (κ1) is 28.2. The average Bonchev–Trinajstić information content (AvgIpc) is 3.83. The van der Waals surface area contributed by atoms with Crippen molar-refractivity contribution in [2.24, 2.45) is 0 Å². The summed E-state index contributed by atoms with van der Waals surface area (Å²) in [5.41, 5.74) is 5.24. The summed E-state index contributed by atoms with van der Waals surface area (Å²) in [5, 5.41) is 28.7. The third-order valence-electron chi connectivity index (χ3n) is 7.10. The van der Waals surface area contributed by atoms with Crippen molar-refractivity contribution in [1.82, 2.24) is 49.5 Å². The van der Waals surface area contributed by atoms with Crippen LogP contribution in [0.5, 0.6) is 0 Å². The maximum absolute atomic E-state index is 8.95. The molecule has 42 heavy (non-hydrogen) atoms. The van der Waals surface area contributed by atoms with Gasteiger partial charge < -0.3 is 9.97 Å². The molecule has 6 rings (SSSR count). The summed E-state index contributed by atoms with van der Waals surface area (Å²) in [6, 6.07) is 8.63. The maximum atomic E-state index is 8.95. The minimum Gasteiger partial charge on any atom is -0.346 e. The Hall–Kier alpha value is -5.36. The number of hydrogen-bond acceptors (Lipinski definition) is 8. The van der Waals surface area contributed by atoms with Crippen LogP contribution in [-0.2, 0) is 0 Å². The van der Waals surface area contributed by atoms with E-state index in [4.69, 9.17) is 10.5 Å². The molecule has 2 N–H and O–H groups in total. The number of fused-ring (bicyclic) bond motifs is 2. The second-order valence-corrected chi connectivity index (χ2v) is 9.95. The van der Waals surface area contributed by atoms with Crippen LogP contribution < -0.4 is 0 Å². The summed E-state index contributed by atoms with van der Waals surface area (Å²) in [4.78, 5) is 23.3. The zero-order valence-electron chi connectivity index (χ0n) is 23.6. The molecule has 6 heterocycles. The summed E-state index contributed by atoms with van der Waals surface area (Å²) in [6.07, 6.45) is 19.2. The molecule has 0 aliphatic carbocycles. The number of nitrogens with one attached hydrogen (secondary N) is 2. The Labute approximate surface area is 243 Å². The molecule has 6 aromatic heterocycles. The van der Waals surface area contributed by atoms with E-state index in [0.717, 1.165) is 70.3 Å². The van der Waals surface area contributed by atoms with Gasteiger partial charge in [-0.15, -0.1) is 0 Å². The highest BCUT2D eigenvalue weighted by Crippen LogP contribution is 2.28. The molecule has 0 aromatic carbocycles. The summed E-state index contributed by atoms with van der Waals surface area (Å²) in [5.74, 6) is 0. The average molecular weight is 561 g/mol. The van der Waals surface area contributed by atoms with Crippen molar-refractivity contribution in [3.8, 4) is 34.7 Å². The van der Waals surface area contributed by atoms with Crippen molar-refractivity contribution >= 4 is 22.1 Å². The lowest BCUT2D eigenvalue weighted by molar-refractivity contribution is 0.428. The van der Waals surface area contributed by atoms with E-state index in [1.54, 1.807) is 25.0 Å². The topological polar surface area (TPSA) is 166 Å². The molecular formula is C30H32N12. The van der Waals surface area contributed by atoms with E-state index < -0.39 is 0 Å². The molecule has 2 atom stereocenters. The summed E-state index contributed by atoms with van der Waals surface area (Å²) in [6.45, 7) is 4.23. The number of H-pyrrole nitrogens is 2. The monoisotopic (exact) mass is 560 g/mol. The van der Waals surface area contributed by atoms with Gasteiger partial charge in [-0.05, 0) is 25.0 Å². The second-order valence-electron chi connectivity index (χ2n) is 9.95. The van der Waals surface area contributed by atoms with Crippen LogP contribution in [0, 0.1) is 22.7 Å². The van der Waals surface area contributed by atoms with Gasteiger partial charge in [-0.3, -0.25) is 9.36 Å². The standard InChI is InChI=1S/2C15H16N6/c2*1-2-3-12(4-6-16)21-9-11(8-20-21)14-13-5-7-17-15(13)19-10-18-14/h2*5,7-10,12H,2-4H2,1H3,(H,17,18,19)/t2*12-/m10/s1. The normalized spacial score (nSPS) is 12.4. The third-order valence-corrected chi connectivity index (χ3v) is 7.10. The lowest BCUT2D eigenvalue weighted by Gasteiger charge is -2.12. The predicted molar refractivity (Wildman–Crippen MR) is 159 cm³/mol. The van der Waals surface area contributed by atoms with Crippen LogP contribution in [0.2, 0.25) is 0 Å². The smallest absolute Gasteiger partial charge is 0.141 e. The Balaban J connectivity index is 0.000000168. The van der Waals surface area contributed by atoms with E-state index in [1.807, 2.05) is 46.3 Å². The maximum Gasteiger partial charge on any atom is 0.141 e. The molecule has 0 spiro atoms. The van der Waals surface area contributed by atoms with Gasteiger partial charge in [0.05, 0.1) is 60.8 Å². The number of hydrogen-bond donors (Lipinski definition) is 2. The lowest BCUT2D eigenvalue weighted by atomic mass is 10.1. The highest BCUT2D eigenvalue weighted by Gasteiger charge is 2.15. The zero-order valence-corrected chi connectivity index (χ0v) is 23.6. The van der Waals surface area contributed by atoms with Gasteiger partial charge >= 0.3 is 0 Å². The summed E-state index contributed by atoms with van der Waals surface area (Å²) < 4.78 is 3.76. The molecule has 6 aromatic rings. The fraction of sp³-hybridized carbons (Fsp3) is 0.333. The fourth-order valence-corrected chi connectivity index (χ4v) is 5.06. The van der Waals surface area contributed by atoms with Crippen molar-refractivity contribution < 1.29 is 0 Å². The van der Waals surface area contributed by atoms with Crippen molar-refractivity contribution in [2.45, 2.75) is 64.5 Å². The van der Waals surface area contributed by atoms with Crippen LogP contribution in [0.3, 0.4) is 0 Å². The van der Waals surface area contributed by atoms with Crippen LogP contribution >= 0.6 is 0 Å². The van der Waals surface area contributed by atoms with E-state index in [-0.39, 0.29) is 12.1 Å². The first-order chi connectivity index (χ1) is 20.7. The molecule has 0 saturated heterocycles. The largest absolute Gasteiger partial charge is 0.346 e. The Morgan fingerprint density at radius 1 is 0.714 bits per heavy atom. The van der Waals surface area contributed by atoms with Gasteiger partial charge in [-0.25, -0.2) is 19.9 Å². The SMILES string of the molecule is CCC[C@@H](CC#N)n1cc(-c2ncnc3[nH]ccc23)cn1.CCC[C@H](CC#N)n1cc(-c2ncnc3[nH]ccc23)cn1. The molecule has 0 radical (unpaired) electrons. The van der Waals surface area contributed by atoms with Gasteiger partial charge in [0.25, 0.3) is 0 Å². The Morgan fingerprint density at radius 2 is 1.17 bits per heavy atom. The van der Waals surface area contributed by atoms with Gasteiger partial charge in [0.2, 0.25) is 0 Å². The molecule has 0 unspecified atom stereocenters. The van der Waals surface area contributed by atoms with Crippen LogP contribution in [-0.4, -0.2) is 49.5 Å². The van der Waals surface area contributed by atoms with E-state index in [9.17, 15) is 0 Å². The van der Waals surface area contributed by atoms with Crippen molar-refractivity contribution in [3.05, 3.63) is 62.0 Å². The second kappa shape index (κ2) is 13.3. The molecule has 0 aliphatic rings. The number of aromatic nitrogens is 10. The molecular weight excluding hydrogens is 528 g/mol. The first-order valence-corrected chi connectivity index (χ1v) is 14.1. The van der Waals surface area contributed by atoms with Crippen LogP contribution in [0.4, 0.5) is 0 Å². The van der Waals surface area contributed by atoms with Gasteiger partial charge in [-0.1, -0.05) is 26.7 Å². The Kier molecular flexibility index (Phi) is 8.94. The van der Waals surface area contributed by atoms with Crippen LogP contribution in [0.25, 0.3) is 44.6 Å². The molecule has 0 fully saturated rings. The number of rotatable bonds is 10. The van der Waals surface area contributed by atoms with E-state index >= 15 is 0 Å². The molecule has 0 saturated carbocycles. The van der Waals surface area contributed by atoms with E-state index in [2.05, 4.69) is 66.1 Å². The minimum atomic E-state index is 0.123. The summed E-state index contributed by atoms with van der Waals surface area (Å²) in [7, 11) is 0. The van der Waals surface area contributed by atoms with Gasteiger partial charge in [0.15, 0.2) is 0 Å². The highest BCUT2D eigenvalue weighted by molar-refractivity contribution is 5.90. The lowest BCUT2D eigenvalue weighted by Crippen LogP contribution is -2.08. The zero-order chi connectivity index (χ0) is 29.3.